The summed E-state index contributed by atoms with van der Waals surface area (Å²) in [6.07, 6.45) is 20.3. The summed E-state index contributed by atoms with van der Waals surface area (Å²) in [6.45, 7) is 6.41. The third kappa shape index (κ3) is 11.8. The van der Waals surface area contributed by atoms with Gasteiger partial charge < -0.3 is 0 Å². The van der Waals surface area contributed by atoms with Crippen molar-refractivity contribution in [1.29, 1.82) is 0 Å². The molecule has 3 nitrogen and oxygen atoms in total. The molecule has 1 aromatic carbocycles. The van der Waals surface area contributed by atoms with Gasteiger partial charge in [-0.25, -0.2) is 0 Å². The van der Waals surface area contributed by atoms with E-state index < -0.39 is 7.28 Å². The summed E-state index contributed by atoms with van der Waals surface area (Å²) in [7, 11) is -4.79. The van der Waals surface area contributed by atoms with Crippen LogP contribution in [-0.4, -0.2) is 20.8 Å². The Morgan fingerprint density at radius 3 is 1.58 bits per heavy atom. The molecule has 0 saturated carbocycles. The minimum absolute atomic E-state index is 0.0859. The third-order valence-electron chi connectivity index (χ3n) is 6.63. The van der Waals surface area contributed by atoms with E-state index in [0.717, 1.165) is 36.8 Å². The van der Waals surface area contributed by atoms with Gasteiger partial charge in [0.15, 0.2) is 0 Å². The summed E-state index contributed by atoms with van der Waals surface area (Å²) < 4.78 is 0. The molecule has 0 aliphatic heterocycles. The van der Waals surface area contributed by atoms with Crippen molar-refractivity contribution in [2.75, 3.05) is 6.16 Å². The van der Waals surface area contributed by atoms with Crippen LogP contribution in [0.3, 0.4) is 0 Å². The van der Waals surface area contributed by atoms with Gasteiger partial charge in [0.2, 0.25) is 0 Å². The Bertz CT molecular complexity index is 592. The molecule has 31 heavy (non-hydrogen) atoms. The van der Waals surface area contributed by atoms with Gasteiger partial charge in [0, 0.05) is 0 Å². The van der Waals surface area contributed by atoms with Gasteiger partial charge in [-0.15, -0.1) is 0 Å². The minimum atomic E-state index is -4.79. The van der Waals surface area contributed by atoms with Crippen LogP contribution in [0.2, 0.25) is 0 Å². The van der Waals surface area contributed by atoms with Gasteiger partial charge in [0.05, 0.1) is 0 Å². The molecule has 0 amide bonds. The fourth-order valence-electron chi connectivity index (χ4n) is 4.54. The summed E-state index contributed by atoms with van der Waals surface area (Å²) in [6, 6.07) is 5.66. The van der Waals surface area contributed by atoms with Crippen molar-refractivity contribution in [3.63, 3.8) is 0 Å². The molecular formula is C27H51O3P. The first-order chi connectivity index (χ1) is 14.8. The van der Waals surface area contributed by atoms with Crippen LogP contribution in [0, 0.1) is 6.92 Å². The van der Waals surface area contributed by atoms with Crippen molar-refractivity contribution in [2.24, 2.45) is 0 Å². The van der Waals surface area contributed by atoms with Crippen LogP contribution in [0.1, 0.15) is 128 Å². The van der Waals surface area contributed by atoms with E-state index in [9.17, 15) is 14.7 Å². The number of hydrogen-bond donors (Lipinski definition) is 3. The first-order valence-corrected chi connectivity index (χ1v) is 15.4. The average molecular weight is 455 g/mol. The molecule has 0 aromatic heterocycles. The van der Waals surface area contributed by atoms with Crippen LogP contribution < -0.4 is 5.30 Å². The summed E-state index contributed by atoms with van der Waals surface area (Å²) >= 11 is 0. The molecule has 0 atom stereocenters. The summed E-state index contributed by atoms with van der Waals surface area (Å²) in [5.41, 5.74) is 2.01. The molecular weight excluding hydrogens is 403 g/mol. The number of hydrogen-bond acceptors (Lipinski definition) is 3. The van der Waals surface area contributed by atoms with E-state index in [-0.39, 0.29) is 6.16 Å². The third-order valence-corrected chi connectivity index (χ3v) is 9.25. The van der Waals surface area contributed by atoms with Crippen molar-refractivity contribution in [3.05, 3.63) is 29.3 Å². The van der Waals surface area contributed by atoms with Crippen LogP contribution in [-0.2, 0) is 6.42 Å². The number of unbranched alkanes of at least 4 members (excludes halogenated alkanes) is 14. The van der Waals surface area contributed by atoms with Crippen LogP contribution in [0.4, 0.5) is 0 Å². The summed E-state index contributed by atoms with van der Waals surface area (Å²) in [5.74, 6) is 0. The maximum atomic E-state index is 10.9. The molecule has 4 heteroatoms. The Morgan fingerprint density at radius 2 is 1.06 bits per heavy atom. The molecule has 0 unspecified atom stereocenters. The Labute approximate surface area is 192 Å². The van der Waals surface area contributed by atoms with Crippen molar-refractivity contribution < 1.29 is 14.7 Å². The maximum absolute atomic E-state index is 10.9. The monoisotopic (exact) mass is 454 g/mol. The van der Waals surface area contributed by atoms with Crippen LogP contribution >= 0.6 is 7.28 Å². The number of benzene rings is 1. The Kier molecular flexibility index (Phi) is 14.2. The molecule has 0 aliphatic carbocycles. The van der Waals surface area contributed by atoms with Crippen molar-refractivity contribution in [3.8, 4) is 0 Å². The van der Waals surface area contributed by atoms with Gasteiger partial charge in [0.25, 0.3) is 0 Å². The second kappa shape index (κ2) is 15.4. The molecule has 182 valence electrons. The quantitative estimate of drug-likeness (QED) is 0.148. The fourth-order valence-corrected chi connectivity index (χ4v) is 6.81. The van der Waals surface area contributed by atoms with Gasteiger partial charge in [-0.2, -0.15) is 0 Å². The van der Waals surface area contributed by atoms with Crippen molar-refractivity contribution >= 4 is 12.6 Å². The van der Waals surface area contributed by atoms with E-state index >= 15 is 0 Å². The fraction of sp³-hybridized carbons (Fsp3) is 0.778. The van der Waals surface area contributed by atoms with E-state index in [1.165, 1.54) is 77.0 Å². The molecule has 0 radical (unpaired) electrons. The first-order valence-electron chi connectivity index (χ1n) is 13.2. The molecule has 0 bridgehead atoms. The van der Waals surface area contributed by atoms with E-state index in [4.69, 9.17) is 0 Å². The first kappa shape index (κ1) is 28.6. The Morgan fingerprint density at radius 1 is 0.613 bits per heavy atom. The SMILES string of the molecule is CCCCCCCCCCc1cccc(P(O)(O)(O)CCCCCCCCCC)c1C. The Balaban J connectivity index is 2.46. The van der Waals surface area contributed by atoms with E-state index in [2.05, 4.69) is 19.9 Å². The number of rotatable bonds is 19. The zero-order valence-electron chi connectivity index (χ0n) is 20.7. The predicted molar refractivity (Wildman–Crippen MR) is 138 cm³/mol. The van der Waals surface area contributed by atoms with Crippen LogP contribution in [0.25, 0.3) is 0 Å². The van der Waals surface area contributed by atoms with Crippen LogP contribution in [0.15, 0.2) is 18.2 Å². The van der Waals surface area contributed by atoms with Gasteiger partial charge in [-0.1, -0.05) is 6.92 Å². The second-order valence-corrected chi connectivity index (χ2v) is 12.9. The predicted octanol–water partition coefficient (Wildman–Crippen LogP) is 7.72. The number of aryl methyl sites for hydroxylation is 1. The Hall–Kier alpha value is -0.470. The summed E-state index contributed by atoms with van der Waals surface area (Å²) in [5, 5.41) is 0.381. The van der Waals surface area contributed by atoms with Gasteiger partial charge in [-0.05, 0) is 0 Å². The van der Waals surface area contributed by atoms with Crippen molar-refractivity contribution in [1.82, 2.24) is 0 Å². The zero-order chi connectivity index (χ0) is 23.0. The summed E-state index contributed by atoms with van der Waals surface area (Å²) in [4.78, 5) is 32.6. The zero-order valence-corrected chi connectivity index (χ0v) is 21.6. The van der Waals surface area contributed by atoms with Crippen molar-refractivity contribution in [2.45, 2.75) is 130 Å². The van der Waals surface area contributed by atoms with E-state index in [1.807, 2.05) is 13.0 Å². The molecule has 3 N–H and O–H groups in total. The van der Waals surface area contributed by atoms with Crippen LogP contribution in [0.5, 0.6) is 0 Å². The molecule has 0 fully saturated rings. The molecule has 0 aliphatic rings. The average Bonchev–Trinajstić information content (AvgIpc) is 2.72. The normalized spacial score (nSPS) is 13.3. The molecule has 1 aromatic rings. The van der Waals surface area contributed by atoms with Gasteiger partial charge in [0.1, 0.15) is 0 Å². The van der Waals surface area contributed by atoms with E-state index in [0.29, 0.717) is 11.7 Å². The van der Waals surface area contributed by atoms with Gasteiger partial charge in [-0.3, -0.25) is 0 Å². The standard InChI is InChI=1S/C27H51O3P/c1-4-6-8-10-12-14-16-18-21-26-22-20-23-27(25(26)3)31(28,29,30)24-19-17-15-13-11-9-7-5-2/h20,22-23,28-30H,4-19,21,24H2,1-3H3. The second-order valence-electron chi connectivity index (χ2n) is 9.64. The molecule has 1 rings (SSSR count). The van der Waals surface area contributed by atoms with E-state index in [1.54, 1.807) is 6.07 Å². The molecule has 0 heterocycles. The molecule has 0 saturated heterocycles. The van der Waals surface area contributed by atoms with Gasteiger partial charge >= 0.3 is 186 Å². The topological polar surface area (TPSA) is 60.7 Å². The molecule has 0 spiro atoms.